The summed E-state index contributed by atoms with van der Waals surface area (Å²) in [6.45, 7) is 7.14. The maximum absolute atomic E-state index is 12.2. The molecular formula is C33H34N2O4. The summed E-state index contributed by atoms with van der Waals surface area (Å²) in [5.74, 6) is 1.50. The van der Waals surface area contributed by atoms with Crippen molar-refractivity contribution in [1.29, 1.82) is 0 Å². The van der Waals surface area contributed by atoms with Crippen molar-refractivity contribution >= 4 is 12.1 Å². The van der Waals surface area contributed by atoms with E-state index in [1.807, 2.05) is 103 Å². The molecule has 0 radical (unpaired) electrons. The van der Waals surface area contributed by atoms with Crippen LogP contribution in [0.3, 0.4) is 0 Å². The van der Waals surface area contributed by atoms with Crippen molar-refractivity contribution in [3.05, 3.63) is 125 Å². The van der Waals surface area contributed by atoms with Gasteiger partial charge in [-0.15, -0.1) is 0 Å². The molecule has 0 saturated heterocycles. The van der Waals surface area contributed by atoms with Gasteiger partial charge in [0.2, 0.25) is 0 Å². The van der Waals surface area contributed by atoms with Crippen LogP contribution in [0.25, 0.3) is 0 Å². The molecular weight excluding hydrogens is 488 g/mol. The van der Waals surface area contributed by atoms with E-state index in [2.05, 4.69) is 31.3 Å². The average molecular weight is 523 g/mol. The van der Waals surface area contributed by atoms with E-state index in [9.17, 15) is 4.79 Å². The predicted octanol–water partition coefficient (Wildman–Crippen LogP) is 6.67. The van der Waals surface area contributed by atoms with Crippen molar-refractivity contribution < 1.29 is 19.0 Å². The standard InChI is InChI=1S/C33H34N2O4/c1-33(2,3)28-15-17-29(18-16-28)37-24-32(36)35-34-21-27-14-19-30(38-22-25-10-6-4-7-11-25)31(20-27)39-23-26-12-8-5-9-13-26/h4-21H,22-24H2,1-3H3,(H,35,36)/b34-21+. The first kappa shape index (κ1) is 27.5. The van der Waals surface area contributed by atoms with Gasteiger partial charge in [0.25, 0.3) is 5.91 Å². The van der Waals surface area contributed by atoms with Crippen molar-refractivity contribution in [2.75, 3.05) is 6.61 Å². The fourth-order valence-electron chi connectivity index (χ4n) is 3.72. The quantitative estimate of drug-likeness (QED) is 0.176. The SMILES string of the molecule is CC(C)(C)c1ccc(OCC(=O)N/N=C/c2ccc(OCc3ccccc3)c(OCc3ccccc3)c2)cc1. The lowest BCUT2D eigenvalue weighted by Crippen LogP contribution is -2.24. The third kappa shape index (κ3) is 8.75. The Morgan fingerprint density at radius 1 is 0.744 bits per heavy atom. The van der Waals surface area contributed by atoms with Gasteiger partial charge in [0, 0.05) is 0 Å². The van der Waals surface area contributed by atoms with Crippen molar-refractivity contribution in [2.24, 2.45) is 5.10 Å². The zero-order valence-electron chi connectivity index (χ0n) is 22.6. The summed E-state index contributed by atoms with van der Waals surface area (Å²) in [7, 11) is 0. The van der Waals surface area contributed by atoms with Gasteiger partial charge in [0.1, 0.15) is 19.0 Å². The molecule has 0 heterocycles. The zero-order valence-corrected chi connectivity index (χ0v) is 22.6. The fraction of sp³-hybridized carbons (Fsp3) is 0.212. The van der Waals surface area contributed by atoms with E-state index in [0.717, 1.165) is 16.7 Å². The first-order valence-corrected chi connectivity index (χ1v) is 12.9. The van der Waals surface area contributed by atoms with Crippen LogP contribution >= 0.6 is 0 Å². The summed E-state index contributed by atoms with van der Waals surface area (Å²) in [4.78, 5) is 12.2. The van der Waals surface area contributed by atoms with Crippen LogP contribution in [0.2, 0.25) is 0 Å². The molecule has 0 aliphatic carbocycles. The number of carbonyl (C=O) groups excluding carboxylic acids is 1. The van der Waals surface area contributed by atoms with Gasteiger partial charge in [-0.3, -0.25) is 4.79 Å². The highest BCUT2D eigenvalue weighted by Gasteiger charge is 2.13. The molecule has 4 aromatic carbocycles. The number of ether oxygens (including phenoxy) is 3. The Labute approximate surface area is 230 Å². The van der Waals surface area contributed by atoms with Crippen LogP contribution in [0, 0.1) is 0 Å². The number of rotatable bonds is 11. The number of nitrogens with zero attached hydrogens (tertiary/aromatic N) is 1. The second-order valence-corrected chi connectivity index (χ2v) is 10.1. The van der Waals surface area contributed by atoms with Crippen molar-refractivity contribution in [1.82, 2.24) is 5.43 Å². The first-order chi connectivity index (χ1) is 18.9. The summed E-state index contributed by atoms with van der Waals surface area (Å²) in [6.07, 6.45) is 1.56. The third-order valence-electron chi connectivity index (χ3n) is 5.94. The van der Waals surface area contributed by atoms with E-state index in [-0.39, 0.29) is 17.9 Å². The van der Waals surface area contributed by atoms with Crippen molar-refractivity contribution in [3.63, 3.8) is 0 Å². The van der Waals surface area contributed by atoms with Crippen LogP contribution < -0.4 is 19.6 Å². The Kier molecular flexibility index (Phi) is 9.35. The lowest BCUT2D eigenvalue weighted by molar-refractivity contribution is -0.123. The van der Waals surface area contributed by atoms with Crippen LogP contribution in [-0.4, -0.2) is 18.7 Å². The largest absolute Gasteiger partial charge is 0.485 e. The van der Waals surface area contributed by atoms with Crippen molar-refractivity contribution in [3.8, 4) is 17.2 Å². The highest BCUT2D eigenvalue weighted by molar-refractivity contribution is 5.83. The second-order valence-electron chi connectivity index (χ2n) is 10.1. The zero-order chi connectivity index (χ0) is 27.5. The highest BCUT2D eigenvalue weighted by atomic mass is 16.5. The Morgan fingerprint density at radius 3 is 1.92 bits per heavy atom. The number of hydrogen-bond acceptors (Lipinski definition) is 5. The molecule has 0 bridgehead atoms. The number of carbonyl (C=O) groups is 1. The number of hydrazone groups is 1. The van der Waals surface area contributed by atoms with Crippen LogP contribution in [-0.2, 0) is 23.4 Å². The lowest BCUT2D eigenvalue weighted by Gasteiger charge is -2.19. The molecule has 6 nitrogen and oxygen atoms in total. The van der Waals surface area contributed by atoms with Crippen LogP contribution in [0.1, 0.15) is 43.0 Å². The molecule has 4 aromatic rings. The van der Waals surface area contributed by atoms with E-state index in [1.165, 1.54) is 5.56 Å². The summed E-state index contributed by atoms with van der Waals surface area (Å²) in [5, 5.41) is 4.08. The van der Waals surface area contributed by atoms with Gasteiger partial charge in [0.05, 0.1) is 6.21 Å². The summed E-state index contributed by atoms with van der Waals surface area (Å²) in [5.41, 5.74) is 6.63. The summed E-state index contributed by atoms with van der Waals surface area (Å²) >= 11 is 0. The maximum atomic E-state index is 12.2. The van der Waals surface area contributed by atoms with Gasteiger partial charge in [-0.1, -0.05) is 93.6 Å². The maximum Gasteiger partial charge on any atom is 0.277 e. The molecule has 0 aliphatic heterocycles. The fourth-order valence-corrected chi connectivity index (χ4v) is 3.72. The average Bonchev–Trinajstić information content (AvgIpc) is 2.95. The molecule has 0 atom stereocenters. The molecule has 1 amide bonds. The number of hydrogen-bond donors (Lipinski definition) is 1. The molecule has 0 aliphatic rings. The molecule has 0 spiro atoms. The van der Waals surface area contributed by atoms with Crippen LogP contribution in [0.5, 0.6) is 17.2 Å². The number of amides is 1. The molecule has 1 N–H and O–H groups in total. The molecule has 4 rings (SSSR count). The van der Waals surface area contributed by atoms with Gasteiger partial charge in [-0.05, 0) is 58.0 Å². The van der Waals surface area contributed by atoms with E-state index in [0.29, 0.717) is 30.5 Å². The predicted molar refractivity (Wildman–Crippen MR) is 154 cm³/mol. The molecule has 0 unspecified atom stereocenters. The van der Waals surface area contributed by atoms with Gasteiger partial charge < -0.3 is 14.2 Å². The minimum absolute atomic E-state index is 0.0588. The Bertz CT molecular complexity index is 1360. The second kappa shape index (κ2) is 13.3. The van der Waals surface area contributed by atoms with E-state index >= 15 is 0 Å². The molecule has 6 heteroatoms. The first-order valence-electron chi connectivity index (χ1n) is 12.9. The van der Waals surface area contributed by atoms with Gasteiger partial charge in [0.15, 0.2) is 18.1 Å². The lowest BCUT2D eigenvalue weighted by atomic mass is 9.87. The number of nitrogens with one attached hydrogen (secondary N) is 1. The Balaban J connectivity index is 1.35. The molecule has 39 heavy (non-hydrogen) atoms. The molecule has 200 valence electrons. The van der Waals surface area contributed by atoms with E-state index < -0.39 is 0 Å². The molecule has 0 fully saturated rings. The molecule has 0 aromatic heterocycles. The van der Waals surface area contributed by atoms with E-state index in [1.54, 1.807) is 6.21 Å². The van der Waals surface area contributed by atoms with E-state index in [4.69, 9.17) is 14.2 Å². The minimum Gasteiger partial charge on any atom is -0.485 e. The number of benzene rings is 4. The van der Waals surface area contributed by atoms with Gasteiger partial charge in [-0.2, -0.15) is 5.10 Å². The van der Waals surface area contributed by atoms with Crippen LogP contribution in [0.4, 0.5) is 0 Å². The van der Waals surface area contributed by atoms with Crippen molar-refractivity contribution in [2.45, 2.75) is 39.4 Å². The highest BCUT2D eigenvalue weighted by Crippen LogP contribution is 2.30. The normalized spacial score (nSPS) is 11.3. The summed E-state index contributed by atoms with van der Waals surface area (Å²) in [6, 6.07) is 33.2. The molecule has 0 saturated carbocycles. The monoisotopic (exact) mass is 522 g/mol. The Hall–Kier alpha value is -4.58. The third-order valence-corrected chi connectivity index (χ3v) is 5.94. The van der Waals surface area contributed by atoms with Gasteiger partial charge in [-0.25, -0.2) is 5.43 Å². The smallest absolute Gasteiger partial charge is 0.277 e. The minimum atomic E-state index is -0.352. The summed E-state index contributed by atoms with van der Waals surface area (Å²) < 4.78 is 17.7. The topological polar surface area (TPSA) is 69.2 Å². The van der Waals surface area contributed by atoms with Crippen LogP contribution in [0.15, 0.2) is 108 Å². The Morgan fingerprint density at radius 2 is 1.33 bits per heavy atom. The van der Waals surface area contributed by atoms with Gasteiger partial charge >= 0.3 is 0 Å².